The van der Waals surface area contributed by atoms with Crippen molar-refractivity contribution >= 4 is 27.0 Å². The van der Waals surface area contributed by atoms with E-state index < -0.39 is 15.8 Å². The molecule has 2 aromatic rings. The molecule has 1 aromatic heterocycles. The molecule has 0 amide bonds. The van der Waals surface area contributed by atoms with Crippen molar-refractivity contribution in [2.24, 2.45) is 0 Å². The van der Waals surface area contributed by atoms with Crippen molar-refractivity contribution in [3.05, 3.63) is 46.1 Å². The summed E-state index contributed by atoms with van der Waals surface area (Å²) in [6.45, 7) is 4.20. The fraction of sp³-hybridized carbons (Fsp3) is 0.286. The molecule has 0 atom stereocenters. The van der Waals surface area contributed by atoms with Gasteiger partial charge in [0.05, 0.1) is 5.69 Å². The van der Waals surface area contributed by atoms with Gasteiger partial charge in [-0.25, -0.2) is 12.8 Å². The smallest absolute Gasteiger partial charge is 0.271 e. The SMILES string of the molecule is CNCc1sc(S(=O)(=O)Nc2ccc(C)cc2F)cc1C. The Morgan fingerprint density at radius 3 is 2.57 bits per heavy atom. The van der Waals surface area contributed by atoms with Gasteiger partial charge in [0.2, 0.25) is 0 Å². The minimum absolute atomic E-state index is 0.0400. The number of rotatable bonds is 5. The topological polar surface area (TPSA) is 58.2 Å². The summed E-state index contributed by atoms with van der Waals surface area (Å²) in [5.41, 5.74) is 1.60. The molecule has 2 rings (SSSR count). The predicted octanol–water partition coefficient (Wildman–Crippen LogP) is 3.02. The summed E-state index contributed by atoms with van der Waals surface area (Å²) < 4.78 is 40.9. The van der Waals surface area contributed by atoms with E-state index in [0.29, 0.717) is 6.54 Å². The van der Waals surface area contributed by atoms with Gasteiger partial charge in [0.15, 0.2) is 0 Å². The van der Waals surface area contributed by atoms with E-state index in [9.17, 15) is 12.8 Å². The van der Waals surface area contributed by atoms with Gasteiger partial charge in [-0.05, 0) is 50.2 Å². The van der Waals surface area contributed by atoms with E-state index in [1.54, 1.807) is 26.1 Å². The molecule has 0 fully saturated rings. The van der Waals surface area contributed by atoms with Gasteiger partial charge in [-0.15, -0.1) is 11.3 Å². The Morgan fingerprint density at radius 2 is 1.95 bits per heavy atom. The highest BCUT2D eigenvalue weighted by molar-refractivity contribution is 7.94. The first-order chi connectivity index (χ1) is 9.83. The van der Waals surface area contributed by atoms with Gasteiger partial charge in [-0.3, -0.25) is 4.72 Å². The average Bonchev–Trinajstić information content (AvgIpc) is 2.76. The van der Waals surface area contributed by atoms with E-state index in [2.05, 4.69) is 10.0 Å². The van der Waals surface area contributed by atoms with Crippen molar-refractivity contribution in [3.8, 4) is 0 Å². The highest BCUT2D eigenvalue weighted by atomic mass is 32.2. The summed E-state index contributed by atoms with van der Waals surface area (Å²) in [4.78, 5) is 0.947. The van der Waals surface area contributed by atoms with Crippen molar-refractivity contribution < 1.29 is 12.8 Å². The molecule has 2 N–H and O–H groups in total. The molecule has 0 radical (unpaired) electrons. The molecule has 1 heterocycles. The van der Waals surface area contributed by atoms with Crippen LogP contribution in [-0.2, 0) is 16.6 Å². The molecule has 114 valence electrons. The summed E-state index contributed by atoms with van der Waals surface area (Å²) in [7, 11) is -1.97. The second kappa shape index (κ2) is 6.13. The number of anilines is 1. The van der Waals surface area contributed by atoms with Crippen LogP contribution in [0, 0.1) is 19.7 Å². The number of sulfonamides is 1. The molecular weight excluding hydrogens is 311 g/mol. The van der Waals surface area contributed by atoms with E-state index in [1.807, 2.05) is 6.92 Å². The lowest BCUT2D eigenvalue weighted by molar-refractivity contribution is 0.600. The number of thiophene rings is 1. The lowest BCUT2D eigenvalue weighted by Crippen LogP contribution is -2.12. The minimum atomic E-state index is -3.77. The Bertz CT molecular complexity index is 754. The molecule has 0 aliphatic carbocycles. The number of nitrogens with one attached hydrogen (secondary N) is 2. The first-order valence-corrected chi connectivity index (χ1v) is 8.66. The highest BCUT2D eigenvalue weighted by Crippen LogP contribution is 2.28. The van der Waals surface area contributed by atoms with Crippen LogP contribution in [0.1, 0.15) is 16.0 Å². The third-order valence-corrected chi connectivity index (χ3v) is 6.05. The average molecular weight is 328 g/mol. The zero-order chi connectivity index (χ0) is 15.6. The van der Waals surface area contributed by atoms with Crippen molar-refractivity contribution in [1.82, 2.24) is 5.32 Å². The highest BCUT2D eigenvalue weighted by Gasteiger charge is 2.20. The zero-order valence-corrected chi connectivity index (χ0v) is 13.7. The summed E-state index contributed by atoms with van der Waals surface area (Å²) in [6.07, 6.45) is 0. The van der Waals surface area contributed by atoms with Gasteiger partial charge in [0, 0.05) is 11.4 Å². The van der Waals surface area contributed by atoms with Gasteiger partial charge in [0.25, 0.3) is 10.0 Å². The van der Waals surface area contributed by atoms with E-state index in [-0.39, 0.29) is 9.90 Å². The van der Waals surface area contributed by atoms with Crippen molar-refractivity contribution in [2.45, 2.75) is 24.6 Å². The quantitative estimate of drug-likeness (QED) is 0.887. The largest absolute Gasteiger partial charge is 0.315 e. The van der Waals surface area contributed by atoms with Crippen LogP contribution >= 0.6 is 11.3 Å². The van der Waals surface area contributed by atoms with Crippen LogP contribution in [0.2, 0.25) is 0 Å². The van der Waals surface area contributed by atoms with Gasteiger partial charge in [0.1, 0.15) is 10.0 Å². The molecule has 0 saturated carbocycles. The van der Waals surface area contributed by atoms with Crippen LogP contribution in [-0.4, -0.2) is 15.5 Å². The molecule has 0 unspecified atom stereocenters. The van der Waals surface area contributed by atoms with E-state index in [1.165, 1.54) is 23.5 Å². The number of hydrogen-bond acceptors (Lipinski definition) is 4. The first-order valence-electron chi connectivity index (χ1n) is 6.36. The molecule has 21 heavy (non-hydrogen) atoms. The molecule has 0 saturated heterocycles. The minimum Gasteiger partial charge on any atom is -0.315 e. The second-order valence-corrected chi connectivity index (χ2v) is 7.84. The van der Waals surface area contributed by atoms with Gasteiger partial charge >= 0.3 is 0 Å². The van der Waals surface area contributed by atoms with Crippen LogP contribution in [0.25, 0.3) is 0 Å². The molecule has 0 spiro atoms. The summed E-state index contributed by atoms with van der Waals surface area (Å²) in [6, 6.07) is 5.99. The maximum absolute atomic E-state index is 13.8. The summed E-state index contributed by atoms with van der Waals surface area (Å²) >= 11 is 1.18. The van der Waals surface area contributed by atoms with Crippen LogP contribution < -0.4 is 10.0 Å². The van der Waals surface area contributed by atoms with Gasteiger partial charge in [-0.1, -0.05) is 6.07 Å². The molecular formula is C14H17FN2O2S2. The summed E-state index contributed by atoms with van der Waals surface area (Å²) in [5, 5.41) is 2.99. The molecule has 0 bridgehead atoms. The fourth-order valence-corrected chi connectivity index (χ4v) is 4.52. The Kier molecular flexibility index (Phi) is 4.65. The van der Waals surface area contributed by atoms with Gasteiger partial charge < -0.3 is 5.32 Å². The molecule has 1 aromatic carbocycles. The van der Waals surface area contributed by atoms with Crippen molar-refractivity contribution in [3.63, 3.8) is 0 Å². The Hall–Kier alpha value is -1.44. The molecule has 4 nitrogen and oxygen atoms in total. The lowest BCUT2D eigenvalue weighted by Gasteiger charge is -2.07. The monoisotopic (exact) mass is 328 g/mol. The van der Waals surface area contributed by atoms with Crippen LogP contribution in [0.15, 0.2) is 28.5 Å². The first kappa shape index (κ1) is 15.9. The third kappa shape index (κ3) is 3.61. The Labute approximate surface area is 128 Å². The normalized spacial score (nSPS) is 11.6. The van der Waals surface area contributed by atoms with Gasteiger partial charge in [-0.2, -0.15) is 0 Å². The van der Waals surface area contributed by atoms with Crippen LogP contribution in [0.4, 0.5) is 10.1 Å². The standard InChI is InChI=1S/C14H17FN2O2S2/c1-9-4-5-12(11(15)6-9)17-21(18,19)14-7-10(2)13(20-14)8-16-3/h4-7,16-17H,8H2,1-3H3. The van der Waals surface area contributed by atoms with Crippen LogP contribution in [0.3, 0.4) is 0 Å². The van der Waals surface area contributed by atoms with E-state index in [4.69, 9.17) is 0 Å². The second-order valence-electron chi connectivity index (χ2n) is 4.79. The van der Waals surface area contributed by atoms with E-state index in [0.717, 1.165) is 16.0 Å². The maximum atomic E-state index is 13.8. The lowest BCUT2D eigenvalue weighted by atomic mass is 10.2. The number of benzene rings is 1. The fourth-order valence-electron chi connectivity index (χ4n) is 1.86. The molecule has 7 heteroatoms. The maximum Gasteiger partial charge on any atom is 0.271 e. The molecule has 0 aliphatic heterocycles. The number of hydrogen-bond donors (Lipinski definition) is 2. The third-order valence-electron chi connectivity index (χ3n) is 2.97. The number of aryl methyl sites for hydroxylation is 2. The van der Waals surface area contributed by atoms with Crippen molar-refractivity contribution in [1.29, 1.82) is 0 Å². The zero-order valence-electron chi connectivity index (χ0n) is 12.0. The van der Waals surface area contributed by atoms with Crippen LogP contribution in [0.5, 0.6) is 0 Å². The predicted molar refractivity (Wildman–Crippen MR) is 83.8 cm³/mol. The Morgan fingerprint density at radius 1 is 1.24 bits per heavy atom. The van der Waals surface area contributed by atoms with Crippen molar-refractivity contribution in [2.75, 3.05) is 11.8 Å². The van der Waals surface area contributed by atoms with E-state index >= 15 is 0 Å². The number of halogens is 1. The molecule has 0 aliphatic rings. The Balaban J connectivity index is 2.32. The summed E-state index contributed by atoms with van der Waals surface area (Å²) in [5.74, 6) is -0.581.